The van der Waals surface area contributed by atoms with Crippen LogP contribution in [0.25, 0.3) is 21.6 Å². The van der Waals surface area contributed by atoms with Gasteiger partial charge in [-0.15, -0.1) is 0 Å². The molecule has 0 spiro atoms. The maximum atomic E-state index is 13.6. The molecule has 1 aromatic carbocycles. The summed E-state index contributed by atoms with van der Waals surface area (Å²) in [7, 11) is 1.61. The Morgan fingerprint density at radius 3 is 2.72 bits per heavy atom. The summed E-state index contributed by atoms with van der Waals surface area (Å²) in [6.07, 6.45) is 6.79. The molecule has 39 heavy (non-hydrogen) atoms. The summed E-state index contributed by atoms with van der Waals surface area (Å²) < 4.78 is 5.62. The highest BCUT2D eigenvalue weighted by Crippen LogP contribution is 2.36. The molecule has 1 saturated heterocycles. The fourth-order valence-corrected chi connectivity index (χ4v) is 5.30. The summed E-state index contributed by atoms with van der Waals surface area (Å²) in [6, 6.07) is 9.50. The second-order valence-corrected chi connectivity index (χ2v) is 11.2. The predicted octanol–water partition coefficient (Wildman–Crippen LogP) is 4.52. The molecule has 4 heterocycles. The van der Waals surface area contributed by atoms with Gasteiger partial charge in [0.2, 0.25) is 0 Å². The SMILES string of the molecule is COc1ccccc1-c1cc(N2CCC(C)(O)CC2)ncc1C(=O)Nc1nc2ncc(C#CC3CC3)nc2s1. The molecule has 3 aromatic heterocycles. The van der Waals surface area contributed by atoms with Gasteiger partial charge in [-0.3, -0.25) is 10.1 Å². The Balaban J connectivity index is 1.31. The summed E-state index contributed by atoms with van der Waals surface area (Å²) in [5.74, 6) is 7.80. The van der Waals surface area contributed by atoms with Gasteiger partial charge in [-0.05, 0) is 50.7 Å². The number of hydrogen-bond donors (Lipinski definition) is 2. The van der Waals surface area contributed by atoms with Crippen LogP contribution in [0.4, 0.5) is 10.9 Å². The number of aromatic nitrogens is 4. The van der Waals surface area contributed by atoms with E-state index < -0.39 is 5.60 Å². The van der Waals surface area contributed by atoms with Crippen molar-refractivity contribution in [2.45, 2.75) is 38.2 Å². The molecular formula is C29H28N6O3S. The summed E-state index contributed by atoms with van der Waals surface area (Å²) in [5.41, 5.74) is 2.27. The van der Waals surface area contributed by atoms with Gasteiger partial charge in [0.05, 0.1) is 24.5 Å². The Morgan fingerprint density at radius 1 is 1.15 bits per heavy atom. The normalized spacial score (nSPS) is 16.4. The third kappa shape index (κ3) is 5.55. The molecule has 198 valence electrons. The molecule has 6 rings (SSSR count). The number of methoxy groups -OCH3 is 1. The van der Waals surface area contributed by atoms with Crippen molar-refractivity contribution < 1.29 is 14.6 Å². The highest BCUT2D eigenvalue weighted by atomic mass is 32.1. The van der Waals surface area contributed by atoms with Gasteiger partial charge >= 0.3 is 0 Å². The number of rotatable bonds is 5. The van der Waals surface area contributed by atoms with E-state index in [9.17, 15) is 9.90 Å². The lowest BCUT2D eigenvalue weighted by atomic mass is 9.93. The summed E-state index contributed by atoms with van der Waals surface area (Å²) in [5, 5.41) is 13.7. The topological polar surface area (TPSA) is 113 Å². The van der Waals surface area contributed by atoms with Crippen molar-refractivity contribution in [2.75, 3.05) is 30.4 Å². The zero-order chi connectivity index (χ0) is 27.0. The number of aliphatic hydroxyl groups is 1. The summed E-state index contributed by atoms with van der Waals surface area (Å²) in [4.78, 5) is 34.3. The van der Waals surface area contributed by atoms with Crippen LogP contribution in [0, 0.1) is 17.8 Å². The van der Waals surface area contributed by atoms with Crippen LogP contribution in [-0.2, 0) is 0 Å². The standard InChI is InChI=1S/C29H28N6O3S/c1-29(37)11-13-35(14-12-29)24-15-21(20-5-3-4-6-23(20)38-2)22(17-30-24)26(36)34-28-33-25-27(39-28)32-19(16-31-25)10-9-18-7-8-18/h3-6,15-18,37H,7-8,11-14H2,1-2H3,(H,31,33,34,36). The molecule has 10 heteroatoms. The average Bonchev–Trinajstić information content (AvgIpc) is 3.69. The van der Waals surface area contributed by atoms with Crippen molar-refractivity contribution >= 4 is 38.7 Å². The van der Waals surface area contributed by atoms with Crippen molar-refractivity contribution in [1.29, 1.82) is 0 Å². The number of fused-ring (bicyclic) bond motifs is 1. The highest BCUT2D eigenvalue weighted by Gasteiger charge is 2.29. The first-order valence-corrected chi connectivity index (χ1v) is 13.8. The lowest BCUT2D eigenvalue weighted by Crippen LogP contribution is -2.42. The molecule has 4 aromatic rings. The first-order valence-electron chi connectivity index (χ1n) is 13.0. The number of benzene rings is 1. The minimum absolute atomic E-state index is 0.343. The number of piperidine rings is 1. The Kier molecular flexibility index (Phi) is 6.62. The smallest absolute Gasteiger partial charge is 0.259 e. The zero-order valence-corrected chi connectivity index (χ0v) is 22.6. The van der Waals surface area contributed by atoms with Gasteiger partial charge in [0.25, 0.3) is 5.91 Å². The van der Waals surface area contributed by atoms with E-state index in [1.165, 1.54) is 11.3 Å². The second-order valence-electron chi connectivity index (χ2n) is 10.2. The third-order valence-electron chi connectivity index (χ3n) is 7.02. The number of para-hydroxylation sites is 1. The quantitative estimate of drug-likeness (QED) is 0.355. The minimum Gasteiger partial charge on any atom is -0.496 e. The maximum absolute atomic E-state index is 13.6. The van der Waals surface area contributed by atoms with Crippen molar-refractivity contribution in [3.05, 3.63) is 54.0 Å². The molecule has 1 aliphatic heterocycles. The number of carbonyl (C=O) groups excluding carboxylic acids is 1. The summed E-state index contributed by atoms with van der Waals surface area (Å²) >= 11 is 1.26. The number of nitrogens with one attached hydrogen (secondary N) is 1. The van der Waals surface area contributed by atoms with Gasteiger partial charge in [-0.2, -0.15) is 4.98 Å². The third-order valence-corrected chi connectivity index (χ3v) is 7.88. The van der Waals surface area contributed by atoms with Crippen LogP contribution in [-0.4, -0.2) is 56.7 Å². The number of hydrogen-bond acceptors (Lipinski definition) is 9. The monoisotopic (exact) mass is 540 g/mol. The Bertz CT molecular complexity index is 1610. The Hall–Kier alpha value is -4.07. The number of amides is 1. The molecule has 1 amide bonds. The fourth-order valence-electron chi connectivity index (χ4n) is 4.51. The van der Waals surface area contributed by atoms with E-state index in [0.717, 1.165) is 24.2 Å². The highest BCUT2D eigenvalue weighted by molar-refractivity contribution is 7.21. The zero-order valence-electron chi connectivity index (χ0n) is 21.8. The van der Waals surface area contributed by atoms with Crippen molar-refractivity contribution in [3.8, 4) is 28.7 Å². The lowest BCUT2D eigenvalue weighted by molar-refractivity contribution is 0.0350. The Labute approximate surface area is 230 Å². The van der Waals surface area contributed by atoms with E-state index in [-0.39, 0.29) is 5.91 Å². The molecule has 0 unspecified atom stereocenters. The number of ether oxygens (including phenoxy) is 1. The van der Waals surface area contributed by atoms with E-state index in [2.05, 4.69) is 42.0 Å². The van der Waals surface area contributed by atoms with Crippen LogP contribution in [0.15, 0.2) is 42.7 Å². The van der Waals surface area contributed by atoms with Gasteiger partial charge in [-0.1, -0.05) is 35.5 Å². The van der Waals surface area contributed by atoms with Gasteiger partial charge in [0.1, 0.15) is 17.3 Å². The second kappa shape index (κ2) is 10.2. The molecule has 0 radical (unpaired) electrons. The number of nitrogens with zero attached hydrogens (tertiary/aromatic N) is 5. The molecule has 0 atom stereocenters. The van der Waals surface area contributed by atoms with Crippen LogP contribution in [0.2, 0.25) is 0 Å². The van der Waals surface area contributed by atoms with E-state index in [1.807, 2.05) is 37.3 Å². The van der Waals surface area contributed by atoms with Crippen molar-refractivity contribution in [3.63, 3.8) is 0 Å². The van der Waals surface area contributed by atoms with E-state index >= 15 is 0 Å². The minimum atomic E-state index is -0.673. The van der Waals surface area contributed by atoms with Crippen LogP contribution in [0.3, 0.4) is 0 Å². The lowest BCUT2D eigenvalue weighted by Gasteiger charge is -2.36. The van der Waals surface area contributed by atoms with Crippen LogP contribution in [0.1, 0.15) is 48.7 Å². The van der Waals surface area contributed by atoms with Gasteiger partial charge in [0, 0.05) is 36.3 Å². The number of pyridine rings is 1. The van der Waals surface area contributed by atoms with E-state index in [1.54, 1.807) is 19.5 Å². The van der Waals surface area contributed by atoms with E-state index in [4.69, 9.17) is 4.74 Å². The molecule has 0 bridgehead atoms. The molecule has 1 aliphatic carbocycles. The molecule has 2 fully saturated rings. The molecule has 9 nitrogen and oxygen atoms in total. The van der Waals surface area contributed by atoms with Crippen LogP contribution >= 0.6 is 11.3 Å². The number of anilines is 2. The number of carbonyl (C=O) groups is 1. The van der Waals surface area contributed by atoms with Gasteiger partial charge in [-0.25, -0.2) is 15.0 Å². The van der Waals surface area contributed by atoms with Crippen molar-refractivity contribution in [1.82, 2.24) is 19.9 Å². The largest absolute Gasteiger partial charge is 0.496 e. The van der Waals surface area contributed by atoms with Crippen LogP contribution < -0.4 is 15.0 Å². The van der Waals surface area contributed by atoms with Gasteiger partial charge < -0.3 is 14.7 Å². The van der Waals surface area contributed by atoms with Gasteiger partial charge in [0.15, 0.2) is 15.6 Å². The predicted molar refractivity (Wildman–Crippen MR) is 151 cm³/mol. The molecule has 2 N–H and O–H groups in total. The van der Waals surface area contributed by atoms with Crippen molar-refractivity contribution in [2.24, 2.45) is 5.92 Å². The van der Waals surface area contributed by atoms with E-state index in [0.29, 0.717) is 70.0 Å². The fraction of sp³-hybridized carbons (Fsp3) is 0.345. The number of thiazole rings is 1. The Morgan fingerprint density at radius 2 is 1.95 bits per heavy atom. The van der Waals surface area contributed by atoms with Crippen LogP contribution in [0.5, 0.6) is 5.75 Å². The molecule has 2 aliphatic rings. The first-order chi connectivity index (χ1) is 18.9. The molecular weight excluding hydrogens is 512 g/mol. The average molecular weight is 541 g/mol. The maximum Gasteiger partial charge on any atom is 0.259 e. The first kappa shape index (κ1) is 25.2. The summed E-state index contributed by atoms with van der Waals surface area (Å²) in [6.45, 7) is 3.21. The molecule has 1 saturated carbocycles.